The quantitative estimate of drug-likeness (QED) is 0.0327. The van der Waals surface area contributed by atoms with Crippen LogP contribution in [0.2, 0.25) is 36.3 Å². The van der Waals surface area contributed by atoms with Crippen molar-refractivity contribution in [3.8, 4) is 0 Å². The number of unbranched alkanes of at least 4 members (excludes halogenated alkanes) is 6. The first-order valence-electron chi connectivity index (χ1n) is 24.5. The average molecular weight is 960 g/mol. The lowest BCUT2D eigenvalue weighted by molar-refractivity contribution is -0.137. The van der Waals surface area contributed by atoms with Crippen LogP contribution in [-0.4, -0.2) is 26.6 Å². The molecule has 0 fully saturated rings. The summed E-state index contributed by atoms with van der Waals surface area (Å²) < 4.78 is 94.1. The van der Waals surface area contributed by atoms with Crippen LogP contribution in [0.25, 0.3) is 0 Å². The molecule has 4 rings (SSSR count). The Kier molecular flexibility index (Phi) is 21.8. The van der Waals surface area contributed by atoms with E-state index in [4.69, 9.17) is 0 Å². The molecular weight excluding hydrogens is 883 g/mol. The molecule has 0 spiro atoms. The van der Waals surface area contributed by atoms with Gasteiger partial charge >= 0.3 is 12.4 Å². The summed E-state index contributed by atoms with van der Waals surface area (Å²) in [5.74, 6) is 0. The highest BCUT2D eigenvalue weighted by atomic mass is 31.2. The molecule has 0 aliphatic rings. The number of benzene rings is 4. The number of hydrogen-bond acceptors (Lipinski definition) is 1. The van der Waals surface area contributed by atoms with E-state index < -0.39 is 61.8 Å². The van der Waals surface area contributed by atoms with Crippen LogP contribution >= 0.6 is 16.1 Å². The fourth-order valence-corrected chi connectivity index (χ4v) is 27.8. The molecule has 0 saturated heterocycles. The van der Waals surface area contributed by atoms with Gasteiger partial charge in [-0.3, -0.25) is 0 Å². The molecule has 0 aliphatic carbocycles. The zero-order valence-corrected chi connectivity index (χ0v) is 43.9. The molecule has 4 aromatic rings. The molecule has 0 bridgehead atoms. The van der Waals surface area contributed by atoms with Gasteiger partial charge in [-0.2, -0.15) is 26.3 Å². The lowest BCUT2D eigenvalue weighted by atomic mass is 10.2. The second-order valence-electron chi connectivity index (χ2n) is 18.4. The van der Waals surface area contributed by atoms with E-state index in [0.717, 1.165) is 99.8 Å². The lowest BCUT2D eigenvalue weighted by Gasteiger charge is -2.44. The Labute approximate surface area is 388 Å². The minimum absolute atomic E-state index is 0.0923. The molecule has 4 aromatic carbocycles. The Morgan fingerprint density at radius 2 is 0.750 bits per heavy atom. The third kappa shape index (κ3) is 13.9. The Bertz CT molecular complexity index is 1810. The normalized spacial score (nSPS) is 13.0. The first kappa shape index (κ1) is 54.3. The van der Waals surface area contributed by atoms with Crippen LogP contribution in [0, 0.1) is 0 Å². The van der Waals surface area contributed by atoms with E-state index in [9.17, 15) is 0 Å². The molecule has 0 amide bonds. The van der Waals surface area contributed by atoms with Crippen molar-refractivity contribution < 1.29 is 26.3 Å². The molecular formula is C53H77F6NP2Si2. The Hall–Kier alpha value is -2.29. The Morgan fingerprint density at radius 1 is 0.438 bits per heavy atom. The van der Waals surface area contributed by atoms with Crippen LogP contribution in [0.5, 0.6) is 0 Å². The number of hydrogen-bond donors (Lipinski definition) is 0. The highest BCUT2D eigenvalue weighted by molar-refractivity contribution is 7.84. The number of alkyl halides is 6. The van der Waals surface area contributed by atoms with Crippen molar-refractivity contribution in [3.63, 3.8) is 0 Å². The largest absolute Gasteiger partial charge is 0.417 e. The summed E-state index contributed by atoms with van der Waals surface area (Å²) in [5.41, 5.74) is -1.76. The van der Waals surface area contributed by atoms with Gasteiger partial charge in [0.2, 0.25) is 0 Å². The average Bonchev–Trinajstić information content (AvgIpc) is 3.28. The molecule has 64 heavy (non-hydrogen) atoms. The zero-order chi connectivity index (χ0) is 47.0. The maximum Gasteiger partial charge on any atom is 0.417 e. The van der Waals surface area contributed by atoms with Gasteiger partial charge in [0.15, 0.2) is 0 Å². The van der Waals surface area contributed by atoms with Gasteiger partial charge in [0, 0.05) is 32.8 Å². The SMILES string of the molecule is CCCC[Si](CCCC)(CCCC)c1cccc(P(c2cccc([Si](CCCC)(CCCC)CCCC)c2)N(C(C)C)P(c2ccccc2C(F)(F)F)c2ccccc2C(F)(F)F)c1. The second kappa shape index (κ2) is 25.7. The third-order valence-electron chi connectivity index (χ3n) is 13.2. The molecule has 0 heterocycles. The first-order chi connectivity index (χ1) is 30.6. The van der Waals surface area contributed by atoms with E-state index in [1.807, 2.05) is 13.8 Å². The fraction of sp³-hybridized carbons (Fsp3) is 0.547. The third-order valence-corrected chi connectivity index (χ3v) is 30.2. The van der Waals surface area contributed by atoms with Gasteiger partial charge in [-0.25, -0.2) is 4.44 Å². The van der Waals surface area contributed by atoms with E-state index >= 15 is 26.3 Å². The minimum Gasteiger partial charge on any atom is -0.242 e. The molecule has 0 radical (unpaired) electrons. The zero-order valence-electron chi connectivity index (χ0n) is 40.2. The molecule has 0 saturated carbocycles. The molecule has 0 aliphatic heterocycles. The van der Waals surface area contributed by atoms with Gasteiger partial charge < -0.3 is 0 Å². The highest BCUT2D eigenvalue weighted by Crippen LogP contribution is 2.58. The predicted octanol–water partition coefficient (Wildman–Crippen LogP) is 15.9. The summed E-state index contributed by atoms with van der Waals surface area (Å²) in [7, 11) is -8.22. The standard InChI is InChI=1S/C53H77F6NP2Si2/c1-9-15-35-63(36-16-10-2,37-17-11-3)46-29-25-27-44(41-46)61(45-28-26-30-47(42-45)64(38-18-12-4,39-19-13-5)40-20-14-6)60(43(7)8)62(50-33-23-21-31-48(50)52(54,55)56)51-34-24-22-32-49(51)53(57,58)59/h21-34,41-43H,9-20,35-40H2,1-8H3. The monoisotopic (exact) mass is 959 g/mol. The van der Waals surface area contributed by atoms with Gasteiger partial charge in [0.05, 0.1) is 27.3 Å². The van der Waals surface area contributed by atoms with Crippen LogP contribution in [0.1, 0.15) is 144 Å². The topological polar surface area (TPSA) is 3.24 Å². The van der Waals surface area contributed by atoms with E-state index in [-0.39, 0.29) is 10.6 Å². The number of rotatable bonds is 27. The van der Waals surface area contributed by atoms with Crippen molar-refractivity contribution in [3.05, 3.63) is 108 Å². The van der Waals surface area contributed by atoms with Crippen LogP contribution < -0.4 is 31.6 Å². The van der Waals surface area contributed by atoms with Gasteiger partial charge in [-0.1, -0.05) is 250 Å². The Balaban J connectivity index is 2.23. The number of nitrogens with zero attached hydrogens (tertiary/aromatic N) is 1. The van der Waals surface area contributed by atoms with Crippen LogP contribution in [-0.2, 0) is 12.4 Å². The maximum atomic E-state index is 15.3. The summed E-state index contributed by atoms with van der Waals surface area (Å²) in [6.07, 6.45) is 3.95. The van der Waals surface area contributed by atoms with Crippen LogP contribution in [0.15, 0.2) is 97.1 Å². The molecule has 1 nitrogen and oxygen atoms in total. The van der Waals surface area contributed by atoms with Crippen LogP contribution in [0.3, 0.4) is 0 Å². The first-order valence-corrected chi connectivity index (χ1v) is 32.3. The highest BCUT2D eigenvalue weighted by Gasteiger charge is 2.45. The van der Waals surface area contributed by atoms with E-state index in [0.29, 0.717) is 0 Å². The number of halogens is 6. The summed E-state index contributed by atoms with van der Waals surface area (Å²) in [5, 5.41) is 4.63. The van der Waals surface area contributed by atoms with Crippen molar-refractivity contribution >= 4 is 63.9 Å². The van der Waals surface area contributed by atoms with E-state index in [1.54, 1.807) is 12.1 Å². The predicted molar refractivity (Wildman–Crippen MR) is 274 cm³/mol. The van der Waals surface area contributed by atoms with Gasteiger partial charge in [0.1, 0.15) is 0 Å². The van der Waals surface area contributed by atoms with Gasteiger partial charge in [0.25, 0.3) is 0 Å². The van der Waals surface area contributed by atoms with Crippen molar-refractivity contribution in [1.82, 2.24) is 4.44 Å². The summed E-state index contributed by atoms with van der Waals surface area (Å²) in [4.78, 5) is 0. The summed E-state index contributed by atoms with van der Waals surface area (Å²) >= 11 is 0. The van der Waals surface area contributed by atoms with Crippen LogP contribution in [0.4, 0.5) is 26.3 Å². The second-order valence-corrected chi connectivity index (χ2v) is 32.0. The smallest absolute Gasteiger partial charge is 0.242 e. The Morgan fingerprint density at radius 3 is 1.03 bits per heavy atom. The molecule has 0 atom stereocenters. The van der Waals surface area contributed by atoms with Gasteiger partial charge in [-0.15, -0.1) is 0 Å². The molecule has 0 N–H and O–H groups in total. The lowest BCUT2D eigenvalue weighted by Crippen LogP contribution is -2.49. The van der Waals surface area contributed by atoms with Gasteiger partial charge in [-0.05, 0) is 36.6 Å². The summed E-state index contributed by atoms with van der Waals surface area (Å²) in [6, 6.07) is 35.5. The van der Waals surface area contributed by atoms with Crippen molar-refractivity contribution in [2.24, 2.45) is 0 Å². The van der Waals surface area contributed by atoms with Crippen molar-refractivity contribution in [2.45, 2.75) is 187 Å². The minimum atomic E-state index is -4.78. The maximum absolute atomic E-state index is 15.3. The van der Waals surface area contributed by atoms with Crippen molar-refractivity contribution in [1.29, 1.82) is 0 Å². The molecule has 0 unspecified atom stereocenters. The van der Waals surface area contributed by atoms with Crippen molar-refractivity contribution in [2.75, 3.05) is 0 Å². The molecule has 11 heteroatoms. The van der Waals surface area contributed by atoms with E-state index in [2.05, 4.69) is 94.5 Å². The molecule has 0 aromatic heterocycles. The molecule has 354 valence electrons. The summed E-state index contributed by atoms with van der Waals surface area (Å²) in [6.45, 7) is 17.5. The van der Waals surface area contributed by atoms with E-state index in [1.165, 1.54) is 70.9 Å². The fourth-order valence-electron chi connectivity index (χ4n) is 9.73.